The van der Waals surface area contributed by atoms with Crippen LogP contribution in [0.1, 0.15) is 32.6 Å². The molecule has 1 unspecified atom stereocenters. The quantitative estimate of drug-likeness (QED) is 0.805. The van der Waals surface area contributed by atoms with Crippen LogP contribution in [0.3, 0.4) is 0 Å². The Bertz CT molecular complexity index is 720. The van der Waals surface area contributed by atoms with E-state index in [0.29, 0.717) is 17.9 Å². The van der Waals surface area contributed by atoms with Crippen molar-refractivity contribution in [2.45, 2.75) is 50.9 Å². The molecule has 2 rings (SSSR count). The van der Waals surface area contributed by atoms with E-state index in [1.807, 2.05) is 0 Å². The molecule has 1 aliphatic carbocycles. The molecule has 1 aliphatic rings. The molecule has 1 fully saturated rings. The highest BCUT2D eigenvalue weighted by Crippen LogP contribution is 2.24. The molecule has 1 aromatic rings. The van der Waals surface area contributed by atoms with E-state index in [1.165, 1.54) is 11.4 Å². The van der Waals surface area contributed by atoms with E-state index in [0.717, 1.165) is 25.5 Å². The molecule has 0 saturated heterocycles. The van der Waals surface area contributed by atoms with Crippen molar-refractivity contribution >= 4 is 21.6 Å². The van der Waals surface area contributed by atoms with Gasteiger partial charge in [-0.25, -0.2) is 8.42 Å². The van der Waals surface area contributed by atoms with Gasteiger partial charge in [0.25, 0.3) is 5.91 Å². The van der Waals surface area contributed by atoms with Gasteiger partial charge < -0.3 is 14.7 Å². The Labute approximate surface area is 155 Å². The Balaban J connectivity index is 2.00. The molecule has 0 bridgehead atoms. The van der Waals surface area contributed by atoms with Crippen LogP contribution >= 0.6 is 0 Å². The molecule has 0 heterocycles. The summed E-state index contributed by atoms with van der Waals surface area (Å²) in [5, 5.41) is 10.1. The molecule has 3 atom stereocenters. The normalized spacial score (nSPS) is 21.7. The molecule has 0 radical (unpaired) electrons. The standard InChI is InChI=1S/C18H28N2O5S/c1-13(18(22)19(2)16-7-5-6-8-17(16)21)25-15-11-9-14(10-12-15)20(3)26(4,23)24/h9-13,16-17,21H,5-8H2,1-4H3/t13?,16-,17-/m1/s1. The predicted octanol–water partition coefficient (Wildman–Crippen LogP) is 1.61. The molecule has 1 aromatic carbocycles. The van der Waals surface area contributed by atoms with E-state index in [9.17, 15) is 18.3 Å². The van der Waals surface area contributed by atoms with Crippen LogP contribution in [-0.2, 0) is 14.8 Å². The molecule has 1 N–H and O–H groups in total. The second kappa shape index (κ2) is 8.26. The Kier molecular flexibility index (Phi) is 6.52. The molecule has 7 nitrogen and oxygen atoms in total. The number of nitrogens with zero attached hydrogens (tertiary/aromatic N) is 2. The lowest BCUT2D eigenvalue weighted by molar-refractivity contribution is -0.142. The number of carbonyl (C=O) groups is 1. The predicted molar refractivity (Wildman–Crippen MR) is 101 cm³/mol. The average Bonchev–Trinajstić information content (AvgIpc) is 2.60. The number of rotatable bonds is 6. The van der Waals surface area contributed by atoms with E-state index < -0.39 is 22.2 Å². The number of aliphatic hydroxyl groups excluding tert-OH is 1. The summed E-state index contributed by atoms with van der Waals surface area (Å²) >= 11 is 0. The van der Waals surface area contributed by atoms with Gasteiger partial charge in [-0.1, -0.05) is 12.8 Å². The van der Waals surface area contributed by atoms with Crippen molar-refractivity contribution in [1.82, 2.24) is 4.90 Å². The second-order valence-electron chi connectivity index (χ2n) is 6.85. The minimum atomic E-state index is -3.33. The van der Waals surface area contributed by atoms with Gasteiger partial charge in [-0.15, -0.1) is 0 Å². The number of ether oxygens (including phenoxy) is 1. The van der Waals surface area contributed by atoms with Gasteiger partial charge in [-0.2, -0.15) is 0 Å². The monoisotopic (exact) mass is 384 g/mol. The molecule has 146 valence electrons. The van der Waals surface area contributed by atoms with Crippen LogP contribution in [0.2, 0.25) is 0 Å². The molecule has 1 amide bonds. The van der Waals surface area contributed by atoms with Crippen LogP contribution in [0.15, 0.2) is 24.3 Å². The Hall–Kier alpha value is -1.80. The van der Waals surface area contributed by atoms with Gasteiger partial charge in [-0.3, -0.25) is 9.10 Å². The Morgan fingerprint density at radius 2 is 1.77 bits per heavy atom. The van der Waals surface area contributed by atoms with E-state index in [-0.39, 0.29) is 11.9 Å². The maximum atomic E-state index is 12.6. The van der Waals surface area contributed by atoms with Crippen molar-refractivity contribution in [2.75, 3.05) is 24.7 Å². The fourth-order valence-electron chi connectivity index (χ4n) is 3.17. The number of anilines is 1. The fourth-order valence-corrected chi connectivity index (χ4v) is 3.68. The Morgan fingerprint density at radius 3 is 2.31 bits per heavy atom. The topological polar surface area (TPSA) is 87.2 Å². The Morgan fingerprint density at radius 1 is 1.19 bits per heavy atom. The minimum Gasteiger partial charge on any atom is -0.481 e. The molecular formula is C18H28N2O5S. The average molecular weight is 384 g/mol. The largest absolute Gasteiger partial charge is 0.481 e. The summed E-state index contributed by atoms with van der Waals surface area (Å²) in [6, 6.07) is 6.35. The first-order chi connectivity index (χ1) is 12.1. The van der Waals surface area contributed by atoms with Crippen molar-refractivity contribution in [1.29, 1.82) is 0 Å². The summed E-state index contributed by atoms with van der Waals surface area (Å²) < 4.78 is 30.0. The number of carbonyl (C=O) groups excluding carboxylic acids is 1. The highest BCUT2D eigenvalue weighted by Gasteiger charge is 2.32. The first kappa shape index (κ1) is 20.5. The van der Waals surface area contributed by atoms with Gasteiger partial charge in [0.2, 0.25) is 10.0 Å². The van der Waals surface area contributed by atoms with Gasteiger partial charge in [0.15, 0.2) is 6.10 Å². The van der Waals surface area contributed by atoms with Gasteiger partial charge >= 0.3 is 0 Å². The first-order valence-electron chi connectivity index (χ1n) is 8.76. The SMILES string of the molecule is CC(Oc1ccc(N(C)S(C)(=O)=O)cc1)C(=O)N(C)[C@@H]1CCCC[C@H]1O. The lowest BCUT2D eigenvalue weighted by Crippen LogP contribution is -2.50. The molecule has 26 heavy (non-hydrogen) atoms. The zero-order valence-corrected chi connectivity index (χ0v) is 16.6. The lowest BCUT2D eigenvalue weighted by atomic mass is 9.91. The van der Waals surface area contributed by atoms with Crippen LogP contribution < -0.4 is 9.04 Å². The summed E-state index contributed by atoms with van der Waals surface area (Å²) in [4.78, 5) is 14.2. The highest BCUT2D eigenvalue weighted by molar-refractivity contribution is 7.92. The third-order valence-corrected chi connectivity index (χ3v) is 6.10. The van der Waals surface area contributed by atoms with Crippen LogP contribution in [0.5, 0.6) is 5.75 Å². The molecule has 0 aromatic heterocycles. The first-order valence-corrected chi connectivity index (χ1v) is 10.6. The van der Waals surface area contributed by atoms with Crippen molar-refractivity contribution in [3.05, 3.63) is 24.3 Å². The minimum absolute atomic E-state index is 0.173. The van der Waals surface area contributed by atoms with Crippen LogP contribution in [0.4, 0.5) is 5.69 Å². The van der Waals surface area contributed by atoms with E-state index in [2.05, 4.69) is 0 Å². The van der Waals surface area contributed by atoms with Gasteiger partial charge in [0.1, 0.15) is 5.75 Å². The number of benzene rings is 1. The third-order valence-electron chi connectivity index (χ3n) is 4.90. The number of aliphatic hydroxyl groups is 1. The number of hydrogen-bond acceptors (Lipinski definition) is 5. The summed E-state index contributed by atoms with van der Waals surface area (Å²) in [7, 11) is -0.152. The van der Waals surface area contributed by atoms with Gasteiger partial charge in [-0.05, 0) is 44.0 Å². The highest BCUT2D eigenvalue weighted by atomic mass is 32.2. The molecule has 0 aliphatic heterocycles. The van der Waals surface area contributed by atoms with Crippen LogP contribution in [0.25, 0.3) is 0 Å². The second-order valence-corrected chi connectivity index (χ2v) is 8.87. The van der Waals surface area contributed by atoms with Crippen LogP contribution in [-0.4, -0.2) is 62.9 Å². The van der Waals surface area contributed by atoms with Crippen molar-refractivity contribution in [3.8, 4) is 5.75 Å². The molecular weight excluding hydrogens is 356 g/mol. The lowest BCUT2D eigenvalue weighted by Gasteiger charge is -2.36. The third kappa shape index (κ3) is 4.88. The molecule has 8 heteroatoms. The summed E-state index contributed by atoms with van der Waals surface area (Å²) in [5.41, 5.74) is 0.515. The summed E-state index contributed by atoms with van der Waals surface area (Å²) in [6.07, 6.45) is 3.44. The summed E-state index contributed by atoms with van der Waals surface area (Å²) in [5.74, 6) is 0.294. The van der Waals surface area contributed by atoms with Crippen molar-refractivity contribution in [2.24, 2.45) is 0 Å². The fraction of sp³-hybridized carbons (Fsp3) is 0.611. The van der Waals surface area contributed by atoms with Gasteiger partial charge in [0, 0.05) is 14.1 Å². The van der Waals surface area contributed by atoms with E-state index in [1.54, 1.807) is 43.1 Å². The number of likely N-dealkylation sites (N-methyl/N-ethyl adjacent to an activating group) is 1. The van der Waals surface area contributed by atoms with E-state index in [4.69, 9.17) is 4.74 Å². The van der Waals surface area contributed by atoms with E-state index >= 15 is 0 Å². The zero-order chi connectivity index (χ0) is 19.5. The number of hydrogen-bond donors (Lipinski definition) is 1. The molecule has 0 spiro atoms. The van der Waals surface area contributed by atoms with Crippen molar-refractivity contribution in [3.63, 3.8) is 0 Å². The smallest absolute Gasteiger partial charge is 0.263 e. The maximum absolute atomic E-state index is 12.6. The van der Waals surface area contributed by atoms with Crippen molar-refractivity contribution < 1.29 is 23.1 Å². The molecule has 1 saturated carbocycles. The summed E-state index contributed by atoms with van der Waals surface area (Å²) in [6.45, 7) is 1.67. The van der Waals surface area contributed by atoms with Crippen LogP contribution in [0, 0.1) is 0 Å². The maximum Gasteiger partial charge on any atom is 0.263 e. The number of sulfonamides is 1. The zero-order valence-electron chi connectivity index (χ0n) is 15.8. The van der Waals surface area contributed by atoms with Gasteiger partial charge in [0.05, 0.1) is 24.1 Å². The number of amides is 1.